The fourth-order valence-electron chi connectivity index (χ4n) is 4.55. The zero-order valence-electron chi connectivity index (χ0n) is 25.0. The van der Waals surface area contributed by atoms with Crippen LogP contribution in [0.15, 0.2) is 52.3 Å². The quantitative estimate of drug-likeness (QED) is 0.249. The summed E-state index contributed by atoms with van der Waals surface area (Å²) in [5, 5.41) is 0.394. The van der Waals surface area contributed by atoms with Crippen LogP contribution in [0.2, 0.25) is 0 Å². The molecule has 0 spiro atoms. The molecule has 12 heteroatoms. The van der Waals surface area contributed by atoms with E-state index in [4.69, 9.17) is 0 Å². The van der Waals surface area contributed by atoms with Crippen molar-refractivity contribution < 1.29 is 21.6 Å². The largest absolute Gasteiger partial charge is 0.302 e. The van der Waals surface area contributed by atoms with Gasteiger partial charge < -0.3 is 4.90 Å². The smallest absolute Gasteiger partial charge is 0.260 e. The monoisotopic (exact) mass is 622 g/mol. The summed E-state index contributed by atoms with van der Waals surface area (Å²) in [4.78, 5) is 22.5. The Morgan fingerprint density at radius 2 is 1.46 bits per heavy atom. The molecule has 0 bridgehead atoms. The molecule has 0 fully saturated rings. The maximum Gasteiger partial charge on any atom is 0.260 e. The minimum atomic E-state index is -3.74. The Morgan fingerprint density at radius 1 is 0.878 bits per heavy atom. The third kappa shape index (κ3) is 8.13. The van der Waals surface area contributed by atoms with E-state index >= 15 is 0 Å². The summed E-state index contributed by atoms with van der Waals surface area (Å²) in [7, 11) is -7.25. The maximum atomic E-state index is 13.9. The van der Waals surface area contributed by atoms with Gasteiger partial charge in [-0.15, -0.1) is 0 Å². The number of nitrogens with zero attached hydrogens (tertiary/aromatic N) is 4. The van der Waals surface area contributed by atoms with Crippen LogP contribution in [0.5, 0.6) is 0 Å². The van der Waals surface area contributed by atoms with E-state index in [9.17, 15) is 21.6 Å². The Labute approximate surface area is 249 Å². The number of hydrogen-bond acceptors (Lipinski definition) is 8. The molecule has 0 N–H and O–H groups in total. The van der Waals surface area contributed by atoms with Gasteiger partial charge in [-0.2, -0.15) is 4.31 Å². The SMILES string of the molecule is CCN(CC)CCN(C(=O)c1ccc(S(=O)(=O)N(CC(C)C)CC(C)C)cc1)c1nc2c(S(C)(=O)=O)cccc2s1. The lowest BCUT2D eigenvalue weighted by Gasteiger charge is -2.26. The molecule has 9 nitrogen and oxygen atoms in total. The lowest BCUT2D eigenvalue weighted by molar-refractivity contribution is 0.0983. The van der Waals surface area contributed by atoms with E-state index in [2.05, 4.69) is 9.88 Å². The van der Waals surface area contributed by atoms with E-state index in [1.54, 1.807) is 17.0 Å². The number of sulfone groups is 1. The molecule has 0 aliphatic heterocycles. The topological polar surface area (TPSA) is 108 Å². The molecule has 0 aliphatic rings. The number of thiazole rings is 1. The highest BCUT2D eigenvalue weighted by molar-refractivity contribution is 7.91. The molecule has 0 saturated heterocycles. The van der Waals surface area contributed by atoms with Crippen molar-refractivity contribution in [3.63, 3.8) is 0 Å². The number of hydrogen-bond donors (Lipinski definition) is 0. The van der Waals surface area contributed by atoms with Crippen molar-refractivity contribution in [1.29, 1.82) is 0 Å². The van der Waals surface area contributed by atoms with E-state index in [1.165, 1.54) is 46.0 Å². The van der Waals surface area contributed by atoms with E-state index in [0.29, 0.717) is 47.1 Å². The van der Waals surface area contributed by atoms with Gasteiger partial charge in [-0.1, -0.05) is 58.9 Å². The molecule has 0 saturated carbocycles. The van der Waals surface area contributed by atoms with Crippen LogP contribution in [0.1, 0.15) is 51.9 Å². The van der Waals surface area contributed by atoms with E-state index in [-0.39, 0.29) is 27.5 Å². The number of aromatic nitrogens is 1. The molecule has 0 unspecified atom stereocenters. The Bertz CT molecular complexity index is 1530. The van der Waals surface area contributed by atoms with Gasteiger partial charge in [-0.25, -0.2) is 21.8 Å². The summed E-state index contributed by atoms with van der Waals surface area (Å²) in [6.07, 6.45) is 1.14. The first-order chi connectivity index (χ1) is 19.2. The van der Waals surface area contributed by atoms with Crippen molar-refractivity contribution in [3.8, 4) is 0 Å². The van der Waals surface area contributed by atoms with E-state index in [1.807, 2.05) is 41.5 Å². The number of para-hydroxylation sites is 1. The van der Waals surface area contributed by atoms with Gasteiger partial charge in [0, 0.05) is 38.0 Å². The van der Waals surface area contributed by atoms with Crippen molar-refractivity contribution in [3.05, 3.63) is 48.0 Å². The second-order valence-corrected chi connectivity index (χ2v) is 15.9. The molecule has 2 aromatic carbocycles. The van der Waals surface area contributed by atoms with Crippen LogP contribution >= 0.6 is 11.3 Å². The van der Waals surface area contributed by atoms with Crippen LogP contribution < -0.4 is 4.90 Å². The second kappa shape index (κ2) is 13.7. The first kappa shape index (κ1) is 33.1. The Morgan fingerprint density at radius 3 is 1.98 bits per heavy atom. The van der Waals surface area contributed by atoms with Gasteiger partial charge in [0.1, 0.15) is 5.52 Å². The molecule has 226 valence electrons. The Hall–Kier alpha value is -2.38. The van der Waals surface area contributed by atoms with Crippen LogP contribution in [-0.4, -0.2) is 82.5 Å². The number of sulfonamides is 1. The lowest BCUT2D eigenvalue weighted by Crippen LogP contribution is -2.39. The Kier molecular flexibility index (Phi) is 11.1. The number of carbonyl (C=O) groups excluding carboxylic acids is 1. The standard InChI is InChI=1S/C29H42N4O5S3/c1-8-31(9-2)17-18-33(29-30-27-25(39-29)11-10-12-26(27)40(7,35)36)28(34)23-13-15-24(16-14-23)41(37,38)32(19-21(3)4)20-22(5)6/h10-16,21-22H,8-9,17-20H2,1-7H3. The molecule has 1 heterocycles. The first-order valence-corrected chi connectivity index (χ1v) is 18.1. The number of benzene rings is 2. The minimum absolute atomic E-state index is 0.121. The minimum Gasteiger partial charge on any atom is -0.302 e. The molecule has 0 atom stereocenters. The summed E-state index contributed by atoms with van der Waals surface area (Å²) in [6, 6.07) is 11.0. The van der Waals surface area contributed by atoms with Crippen LogP contribution in [-0.2, 0) is 19.9 Å². The normalized spacial score (nSPS) is 12.8. The van der Waals surface area contributed by atoms with Gasteiger partial charge in [-0.05, 0) is 61.3 Å². The zero-order valence-corrected chi connectivity index (χ0v) is 27.4. The van der Waals surface area contributed by atoms with Crippen LogP contribution in [0.3, 0.4) is 0 Å². The van der Waals surface area contributed by atoms with Crippen molar-refractivity contribution in [1.82, 2.24) is 14.2 Å². The molecule has 1 amide bonds. The number of rotatable bonds is 14. The molecular formula is C29H42N4O5S3. The van der Waals surface area contributed by atoms with Crippen molar-refractivity contribution in [2.24, 2.45) is 11.8 Å². The average Bonchev–Trinajstić information content (AvgIpc) is 3.33. The van der Waals surface area contributed by atoms with Crippen LogP contribution in [0.25, 0.3) is 10.2 Å². The van der Waals surface area contributed by atoms with Crippen molar-refractivity contribution in [2.75, 3.05) is 50.4 Å². The van der Waals surface area contributed by atoms with Crippen molar-refractivity contribution >= 4 is 52.5 Å². The van der Waals surface area contributed by atoms with Gasteiger partial charge in [-0.3, -0.25) is 9.69 Å². The second-order valence-electron chi connectivity index (χ2n) is 11.0. The fourth-order valence-corrected chi connectivity index (χ4v) is 8.23. The lowest BCUT2D eigenvalue weighted by atomic mass is 10.2. The molecule has 3 rings (SSSR count). The van der Waals surface area contributed by atoms with E-state index < -0.39 is 19.9 Å². The zero-order chi connectivity index (χ0) is 30.5. The van der Waals surface area contributed by atoms with Crippen LogP contribution in [0, 0.1) is 11.8 Å². The van der Waals surface area contributed by atoms with Gasteiger partial charge in [0.05, 0.1) is 14.5 Å². The van der Waals surface area contributed by atoms with E-state index in [0.717, 1.165) is 19.3 Å². The number of anilines is 1. The Balaban J connectivity index is 2.00. The molecule has 0 radical (unpaired) electrons. The summed E-state index contributed by atoms with van der Waals surface area (Å²) in [6.45, 7) is 15.4. The van der Waals surface area contributed by atoms with Gasteiger partial charge >= 0.3 is 0 Å². The highest BCUT2D eigenvalue weighted by Crippen LogP contribution is 2.33. The maximum absolute atomic E-state index is 13.9. The highest BCUT2D eigenvalue weighted by Gasteiger charge is 2.28. The summed E-state index contributed by atoms with van der Waals surface area (Å²) in [5.41, 5.74) is 0.665. The van der Waals surface area contributed by atoms with Gasteiger partial charge in [0.25, 0.3) is 5.91 Å². The number of fused-ring (bicyclic) bond motifs is 1. The van der Waals surface area contributed by atoms with Gasteiger partial charge in [0.15, 0.2) is 15.0 Å². The summed E-state index contributed by atoms with van der Waals surface area (Å²) in [5.74, 6) is 0.00353. The third-order valence-corrected chi connectivity index (χ3v) is 10.7. The summed E-state index contributed by atoms with van der Waals surface area (Å²) < 4.78 is 53.9. The average molecular weight is 623 g/mol. The number of likely N-dealkylation sites (N-methyl/N-ethyl adjacent to an activating group) is 1. The molecule has 1 aromatic heterocycles. The summed E-state index contributed by atoms with van der Waals surface area (Å²) >= 11 is 1.26. The van der Waals surface area contributed by atoms with Crippen molar-refractivity contribution in [2.45, 2.75) is 51.3 Å². The fraction of sp³-hybridized carbons (Fsp3) is 0.517. The molecule has 0 aliphatic carbocycles. The highest BCUT2D eigenvalue weighted by atomic mass is 32.2. The van der Waals surface area contributed by atoms with Gasteiger partial charge in [0.2, 0.25) is 10.0 Å². The molecule has 3 aromatic rings. The molecular weight excluding hydrogens is 581 g/mol. The first-order valence-electron chi connectivity index (χ1n) is 13.9. The van der Waals surface area contributed by atoms with Crippen LogP contribution in [0.4, 0.5) is 5.13 Å². The molecule has 41 heavy (non-hydrogen) atoms. The number of amides is 1. The predicted molar refractivity (Wildman–Crippen MR) is 167 cm³/mol. The number of carbonyl (C=O) groups is 1. The third-order valence-electron chi connectivity index (χ3n) is 6.66. The predicted octanol–water partition coefficient (Wildman–Crippen LogP) is 4.99.